The van der Waals surface area contributed by atoms with Crippen LogP contribution >= 0.6 is 0 Å². The molecule has 0 radical (unpaired) electrons. The van der Waals surface area contributed by atoms with Crippen molar-refractivity contribution in [2.24, 2.45) is 0 Å². The van der Waals surface area contributed by atoms with Crippen LogP contribution in [-0.2, 0) is 0 Å². The van der Waals surface area contributed by atoms with E-state index in [-0.39, 0.29) is 0 Å². The van der Waals surface area contributed by atoms with Gasteiger partial charge in [-0.25, -0.2) is 15.0 Å². The predicted octanol–water partition coefficient (Wildman–Crippen LogP) is 16.7. The number of hydrogen-bond donors (Lipinski definition) is 0. The maximum atomic E-state index is 5.18. The van der Waals surface area contributed by atoms with Gasteiger partial charge in [0.25, 0.3) is 0 Å². The van der Waals surface area contributed by atoms with Crippen LogP contribution in [0.3, 0.4) is 0 Å². The lowest BCUT2D eigenvalue weighted by atomic mass is 9.91. The van der Waals surface area contributed by atoms with Crippen molar-refractivity contribution >= 4 is 21.5 Å². The van der Waals surface area contributed by atoms with Crippen LogP contribution in [0.15, 0.2) is 212 Å². The van der Waals surface area contributed by atoms with Gasteiger partial charge in [-0.2, -0.15) is 0 Å². The molecular formula is C63H47N3. The lowest BCUT2D eigenvalue weighted by Gasteiger charge is -2.13. The van der Waals surface area contributed by atoms with Gasteiger partial charge in [-0.3, -0.25) is 0 Å². The Kier molecular flexibility index (Phi) is 10.4. The Morgan fingerprint density at radius 1 is 0.227 bits per heavy atom. The Bertz CT molecular complexity index is 3360. The summed E-state index contributed by atoms with van der Waals surface area (Å²) in [6, 6.07) is 76.5. The summed E-state index contributed by atoms with van der Waals surface area (Å²) in [4.78, 5) is 15.5. The smallest absolute Gasteiger partial charge is 0.164 e. The molecule has 11 aromatic rings. The molecule has 66 heavy (non-hydrogen) atoms. The van der Waals surface area contributed by atoms with E-state index >= 15 is 0 Å². The van der Waals surface area contributed by atoms with E-state index in [1.54, 1.807) is 0 Å². The van der Waals surface area contributed by atoms with E-state index in [9.17, 15) is 0 Å². The number of hydrogen-bond acceptors (Lipinski definition) is 3. The van der Waals surface area contributed by atoms with Crippen LogP contribution in [0, 0.1) is 27.7 Å². The lowest BCUT2D eigenvalue weighted by Crippen LogP contribution is -2.00. The molecule has 11 rings (SSSR count). The molecule has 0 saturated carbocycles. The van der Waals surface area contributed by atoms with Crippen molar-refractivity contribution in [1.29, 1.82) is 0 Å². The highest BCUT2D eigenvalue weighted by Gasteiger charge is 2.16. The Labute approximate surface area is 386 Å². The van der Waals surface area contributed by atoms with Crippen LogP contribution in [0.5, 0.6) is 0 Å². The zero-order valence-electron chi connectivity index (χ0n) is 37.5. The molecule has 10 aromatic carbocycles. The van der Waals surface area contributed by atoms with Gasteiger partial charge in [-0.05, 0) is 134 Å². The molecule has 0 saturated heterocycles. The second kappa shape index (κ2) is 17.0. The highest BCUT2D eigenvalue weighted by molar-refractivity contribution is 6.12. The van der Waals surface area contributed by atoms with E-state index in [1.807, 2.05) is 0 Å². The van der Waals surface area contributed by atoms with Crippen molar-refractivity contribution in [3.63, 3.8) is 0 Å². The van der Waals surface area contributed by atoms with Crippen molar-refractivity contribution in [3.05, 3.63) is 235 Å². The third kappa shape index (κ3) is 8.08. The molecule has 0 amide bonds. The molecule has 0 spiro atoms. The molecule has 0 fully saturated rings. The Morgan fingerprint density at radius 3 is 0.864 bits per heavy atom. The normalized spacial score (nSPS) is 11.3. The van der Waals surface area contributed by atoms with Gasteiger partial charge in [-0.1, -0.05) is 205 Å². The summed E-state index contributed by atoms with van der Waals surface area (Å²) in [5, 5.41) is 4.91. The molecule has 0 aliphatic rings. The maximum Gasteiger partial charge on any atom is 0.164 e. The van der Waals surface area contributed by atoms with Gasteiger partial charge < -0.3 is 0 Å². The first-order valence-electron chi connectivity index (χ1n) is 22.6. The number of nitrogens with zero attached hydrogens (tertiary/aromatic N) is 3. The van der Waals surface area contributed by atoms with E-state index in [1.165, 1.54) is 82.7 Å². The first-order valence-corrected chi connectivity index (χ1v) is 22.6. The van der Waals surface area contributed by atoms with Gasteiger partial charge in [0.1, 0.15) is 0 Å². The Balaban J connectivity index is 0.980. The van der Waals surface area contributed by atoms with E-state index in [0.29, 0.717) is 17.5 Å². The minimum absolute atomic E-state index is 0.625. The summed E-state index contributed by atoms with van der Waals surface area (Å²) in [5.74, 6) is 1.88. The summed E-state index contributed by atoms with van der Waals surface area (Å²) < 4.78 is 0. The molecule has 3 nitrogen and oxygen atoms in total. The van der Waals surface area contributed by atoms with E-state index < -0.39 is 0 Å². The van der Waals surface area contributed by atoms with Crippen LogP contribution in [0.4, 0.5) is 0 Å². The fourth-order valence-corrected chi connectivity index (χ4v) is 9.22. The zero-order chi connectivity index (χ0) is 44.7. The SMILES string of the molecule is Cc1ccc(-c2cc(C)cc(-c3ccc(-c4nc(-c5ccc(-c6cc(C)cc(-c7ccc(C)cc7)c6)cc5)nc(-c5ccc(-c6c7ccccc7cc7ccccc67)cc5)n4)cc3)c2)cc1. The van der Waals surface area contributed by atoms with Crippen molar-refractivity contribution < 1.29 is 0 Å². The quantitative estimate of drug-likeness (QED) is 0.143. The zero-order valence-corrected chi connectivity index (χ0v) is 37.5. The van der Waals surface area contributed by atoms with Crippen molar-refractivity contribution in [2.75, 3.05) is 0 Å². The van der Waals surface area contributed by atoms with Crippen LogP contribution in [-0.4, -0.2) is 15.0 Å². The van der Waals surface area contributed by atoms with E-state index in [2.05, 4.69) is 240 Å². The van der Waals surface area contributed by atoms with Crippen molar-refractivity contribution in [1.82, 2.24) is 15.0 Å². The Morgan fingerprint density at radius 2 is 0.515 bits per heavy atom. The second-order valence-corrected chi connectivity index (χ2v) is 17.6. The topological polar surface area (TPSA) is 38.7 Å². The molecule has 0 atom stereocenters. The molecule has 0 unspecified atom stereocenters. The average molecular weight is 846 g/mol. The Hall–Kier alpha value is -8.27. The molecular weight excluding hydrogens is 799 g/mol. The molecule has 0 aliphatic carbocycles. The standard InChI is InChI=1S/C63H47N3/c1-40-13-17-44(18-14-40)54-33-42(3)35-56(38-54)46-21-27-49(28-22-46)61-64-62(50-29-23-47(24-30-50)57-36-43(4)34-55(39-57)45-19-15-41(2)16-20-45)66-63(65-61)51-31-25-48(26-32-51)60-58-11-7-5-9-52(58)37-53-10-6-8-12-59(53)60/h5-39H,1-4H3. The number of aryl methyl sites for hydroxylation is 4. The highest BCUT2D eigenvalue weighted by Crippen LogP contribution is 2.38. The molecule has 3 heteroatoms. The lowest BCUT2D eigenvalue weighted by molar-refractivity contribution is 1.07. The van der Waals surface area contributed by atoms with Crippen LogP contribution < -0.4 is 0 Å². The average Bonchev–Trinajstić information content (AvgIpc) is 3.35. The first kappa shape index (κ1) is 40.5. The maximum absolute atomic E-state index is 5.18. The largest absolute Gasteiger partial charge is 0.208 e. The predicted molar refractivity (Wildman–Crippen MR) is 277 cm³/mol. The third-order valence-corrected chi connectivity index (χ3v) is 12.7. The first-order chi connectivity index (χ1) is 32.3. The fraction of sp³-hybridized carbons (Fsp3) is 0.0635. The van der Waals surface area contributed by atoms with Crippen LogP contribution in [0.1, 0.15) is 22.3 Å². The van der Waals surface area contributed by atoms with Crippen molar-refractivity contribution in [2.45, 2.75) is 27.7 Å². The highest BCUT2D eigenvalue weighted by atomic mass is 15.0. The summed E-state index contributed by atoms with van der Waals surface area (Å²) in [7, 11) is 0. The molecule has 0 bridgehead atoms. The van der Waals surface area contributed by atoms with Crippen LogP contribution in [0.2, 0.25) is 0 Å². The van der Waals surface area contributed by atoms with Crippen LogP contribution in [0.25, 0.3) is 111 Å². The van der Waals surface area contributed by atoms with Gasteiger partial charge in [0.15, 0.2) is 17.5 Å². The number of fused-ring (bicyclic) bond motifs is 2. The molecule has 1 aromatic heterocycles. The minimum atomic E-state index is 0.625. The van der Waals surface area contributed by atoms with Gasteiger partial charge in [0, 0.05) is 16.7 Å². The van der Waals surface area contributed by atoms with E-state index in [4.69, 9.17) is 15.0 Å². The summed E-state index contributed by atoms with van der Waals surface area (Å²) in [5.41, 5.74) is 19.6. The fourth-order valence-electron chi connectivity index (χ4n) is 9.22. The number of rotatable bonds is 8. The molecule has 314 valence electrons. The van der Waals surface area contributed by atoms with Crippen molar-refractivity contribution in [3.8, 4) is 89.8 Å². The molecule has 1 heterocycles. The van der Waals surface area contributed by atoms with Gasteiger partial charge in [0.05, 0.1) is 0 Å². The van der Waals surface area contributed by atoms with Gasteiger partial charge in [0.2, 0.25) is 0 Å². The van der Waals surface area contributed by atoms with E-state index in [0.717, 1.165) is 33.4 Å². The molecule has 0 N–H and O–H groups in total. The monoisotopic (exact) mass is 845 g/mol. The van der Waals surface area contributed by atoms with Gasteiger partial charge in [-0.15, -0.1) is 0 Å². The summed E-state index contributed by atoms with van der Waals surface area (Å²) in [6.45, 7) is 8.58. The third-order valence-electron chi connectivity index (χ3n) is 12.7. The minimum Gasteiger partial charge on any atom is -0.208 e. The number of aromatic nitrogens is 3. The van der Waals surface area contributed by atoms with Gasteiger partial charge >= 0.3 is 0 Å². The second-order valence-electron chi connectivity index (χ2n) is 17.6. The number of benzene rings is 10. The summed E-state index contributed by atoms with van der Waals surface area (Å²) >= 11 is 0. The molecule has 0 aliphatic heterocycles. The summed E-state index contributed by atoms with van der Waals surface area (Å²) in [6.07, 6.45) is 0.